The zero-order chi connectivity index (χ0) is 28.6. The first-order chi connectivity index (χ1) is 19.6. The van der Waals surface area contributed by atoms with Crippen molar-refractivity contribution in [3.63, 3.8) is 0 Å². The molecule has 0 aliphatic rings. The van der Waals surface area contributed by atoms with Crippen molar-refractivity contribution >= 4 is 12.4 Å². The Bertz CT molecular complexity index is 1470. The first-order valence-electron chi connectivity index (χ1n) is 13.5. The van der Waals surface area contributed by atoms with Crippen molar-refractivity contribution in [1.29, 1.82) is 0 Å². The molecule has 0 saturated carbocycles. The van der Waals surface area contributed by atoms with Gasteiger partial charge in [0.15, 0.2) is 0 Å². The lowest BCUT2D eigenvalue weighted by atomic mass is 10.0. The molecule has 3 aromatic rings. The fourth-order valence-corrected chi connectivity index (χ4v) is 4.00. The van der Waals surface area contributed by atoms with Gasteiger partial charge in [-0.25, -0.2) is 0 Å². The summed E-state index contributed by atoms with van der Waals surface area (Å²) in [6.07, 6.45) is 19.9. The van der Waals surface area contributed by atoms with E-state index in [0.717, 1.165) is 33.7 Å². The highest BCUT2D eigenvalue weighted by Gasteiger charge is 2.05. The lowest BCUT2D eigenvalue weighted by Gasteiger charge is -2.07. The highest BCUT2D eigenvalue weighted by Crippen LogP contribution is 2.21. The molecule has 40 heavy (non-hydrogen) atoms. The van der Waals surface area contributed by atoms with Crippen molar-refractivity contribution in [2.75, 3.05) is 0 Å². The van der Waals surface area contributed by atoms with Gasteiger partial charge in [-0.05, 0) is 73.0 Å². The van der Waals surface area contributed by atoms with Crippen molar-refractivity contribution < 1.29 is 0 Å². The van der Waals surface area contributed by atoms with Crippen LogP contribution in [0.3, 0.4) is 0 Å². The highest BCUT2D eigenvalue weighted by molar-refractivity contribution is 6.09. The second-order valence-corrected chi connectivity index (χ2v) is 9.17. The van der Waals surface area contributed by atoms with Crippen LogP contribution >= 0.6 is 0 Å². The quantitative estimate of drug-likeness (QED) is 0.167. The van der Waals surface area contributed by atoms with E-state index in [1.165, 1.54) is 16.7 Å². The first kappa shape index (κ1) is 29.7. The molecule has 0 heterocycles. The Balaban J connectivity index is 1.90. The van der Waals surface area contributed by atoms with Crippen molar-refractivity contribution in [2.45, 2.75) is 27.3 Å². The summed E-state index contributed by atoms with van der Waals surface area (Å²) in [5.74, 6) is 0. The number of allylic oxidation sites excluding steroid dienone is 12. The number of nitrogens with zero attached hydrogens (tertiary/aromatic N) is 2. The molecule has 2 heteroatoms. The molecule has 0 aliphatic carbocycles. The summed E-state index contributed by atoms with van der Waals surface area (Å²) >= 11 is 0. The molecule has 0 aliphatic heterocycles. The molecule has 0 atom stereocenters. The Labute approximate surface area is 240 Å². The van der Waals surface area contributed by atoms with Gasteiger partial charge >= 0.3 is 0 Å². The molecule has 0 radical (unpaired) electrons. The Morgan fingerprint density at radius 1 is 0.775 bits per heavy atom. The Morgan fingerprint density at radius 2 is 1.45 bits per heavy atom. The summed E-state index contributed by atoms with van der Waals surface area (Å²) in [7, 11) is 0. The van der Waals surface area contributed by atoms with Crippen LogP contribution in [-0.4, -0.2) is 12.4 Å². The highest BCUT2D eigenvalue weighted by atomic mass is 14.7. The predicted molar refractivity (Wildman–Crippen MR) is 176 cm³/mol. The number of hydrogen-bond acceptors (Lipinski definition) is 2. The van der Waals surface area contributed by atoms with Crippen molar-refractivity contribution in [1.82, 2.24) is 0 Å². The molecule has 0 aromatic heterocycles. The molecule has 0 fully saturated rings. The summed E-state index contributed by atoms with van der Waals surface area (Å²) in [6.45, 7) is 14.4. The molecular weight excluding hydrogens is 484 g/mol. The van der Waals surface area contributed by atoms with Crippen LogP contribution in [0.25, 0.3) is 11.1 Å². The van der Waals surface area contributed by atoms with Crippen molar-refractivity contribution in [3.05, 3.63) is 180 Å². The van der Waals surface area contributed by atoms with E-state index in [-0.39, 0.29) is 0 Å². The van der Waals surface area contributed by atoms with E-state index in [9.17, 15) is 0 Å². The van der Waals surface area contributed by atoms with Crippen LogP contribution in [0, 0.1) is 6.92 Å². The minimum absolute atomic E-state index is 0.577. The molecule has 0 saturated heterocycles. The summed E-state index contributed by atoms with van der Waals surface area (Å²) in [5.41, 5.74) is 9.51. The number of benzene rings is 3. The number of aliphatic imine (C=N–C) groups is 2. The third-order valence-electron chi connectivity index (χ3n) is 6.29. The number of rotatable bonds is 12. The summed E-state index contributed by atoms with van der Waals surface area (Å²) in [6, 6.07) is 27.4. The summed E-state index contributed by atoms with van der Waals surface area (Å²) in [5, 5.41) is 0. The van der Waals surface area contributed by atoms with Gasteiger partial charge in [-0.2, -0.15) is 0 Å². The second kappa shape index (κ2) is 16.2. The molecule has 0 N–H and O–H groups in total. The Hall–Kier alpha value is -4.82. The van der Waals surface area contributed by atoms with E-state index in [1.54, 1.807) is 0 Å². The zero-order valence-electron chi connectivity index (χ0n) is 23.8. The molecule has 2 nitrogen and oxygen atoms in total. The van der Waals surface area contributed by atoms with E-state index >= 15 is 0 Å². The molecule has 3 aromatic carbocycles. The van der Waals surface area contributed by atoms with Crippen LogP contribution in [0.15, 0.2) is 173 Å². The third kappa shape index (κ3) is 9.18. The van der Waals surface area contributed by atoms with E-state index in [2.05, 4.69) is 110 Å². The predicted octanol–water partition coefficient (Wildman–Crippen LogP) is 9.98. The minimum Gasteiger partial charge on any atom is -0.280 e. The number of aryl methyl sites for hydroxylation is 1. The second-order valence-electron chi connectivity index (χ2n) is 9.17. The Morgan fingerprint density at radius 3 is 2.08 bits per heavy atom. The van der Waals surface area contributed by atoms with Gasteiger partial charge < -0.3 is 0 Å². The van der Waals surface area contributed by atoms with Gasteiger partial charge in [-0.15, -0.1) is 0 Å². The normalized spacial score (nSPS) is 13.5. The van der Waals surface area contributed by atoms with Gasteiger partial charge in [0.1, 0.15) is 0 Å². The summed E-state index contributed by atoms with van der Waals surface area (Å²) in [4.78, 5) is 9.26. The zero-order valence-corrected chi connectivity index (χ0v) is 23.8. The van der Waals surface area contributed by atoms with Crippen LogP contribution in [0.1, 0.15) is 30.5 Å². The van der Waals surface area contributed by atoms with Crippen LogP contribution in [0.2, 0.25) is 0 Å². The molecule has 0 spiro atoms. The van der Waals surface area contributed by atoms with Gasteiger partial charge in [0, 0.05) is 0 Å². The molecule has 0 bridgehead atoms. The largest absolute Gasteiger partial charge is 0.280 e. The van der Waals surface area contributed by atoms with Gasteiger partial charge in [0.25, 0.3) is 0 Å². The first-order valence-corrected chi connectivity index (χ1v) is 13.5. The van der Waals surface area contributed by atoms with E-state index in [0.29, 0.717) is 6.54 Å². The maximum Gasteiger partial charge on any atom is 0.0672 e. The Kier molecular flexibility index (Phi) is 12.0. The van der Waals surface area contributed by atoms with Gasteiger partial charge in [0.2, 0.25) is 0 Å². The van der Waals surface area contributed by atoms with Crippen LogP contribution in [0.4, 0.5) is 0 Å². The van der Waals surface area contributed by atoms with E-state index < -0.39 is 0 Å². The van der Waals surface area contributed by atoms with Crippen LogP contribution in [0.5, 0.6) is 0 Å². The van der Waals surface area contributed by atoms with E-state index in [4.69, 9.17) is 4.99 Å². The fourth-order valence-electron chi connectivity index (χ4n) is 4.00. The smallest absolute Gasteiger partial charge is 0.0672 e. The lowest BCUT2D eigenvalue weighted by molar-refractivity contribution is 1.07. The lowest BCUT2D eigenvalue weighted by Crippen LogP contribution is -2.00. The monoisotopic (exact) mass is 522 g/mol. The average molecular weight is 523 g/mol. The fraction of sp³-hybridized carbons (Fsp3) is 0.105. The van der Waals surface area contributed by atoms with Gasteiger partial charge in [-0.1, -0.05) is 140 Å². The maximum absolute atomic E-state index is 4.98. The molecule has 3 rings (SSSR count). The van der Waals surface area contributed by atoms with Crippen LogP contribution in [-0.2, 0) is 6.54 Å². The third-order valence-corrected chi connectivity index (χ3v) is 6.29. The molecular formula is C38H38N2. The average Bonchev–Trinajstić information content (AvgIpc) is 3.00. The summed E-state index contributed by atoms with van der Waals surface area (Å²) < 4.78 is 0. The number of hydrogen-bond donors (Lipinski definition) is 0. The standard InChI is InChI=1S/C38H38N2/c1-6-9-15-32(7-2)33(8-3)16-13-14-19-37(39-5)28-38(40-29-31-22-20-30(4)21-23-31)36-26-24-35(25-27-36)34-17-11-10-12-18-34/h6-28H,2,5,29H2,1,3-4H3/b9-6-,16-13-,19-14+,32-15+,33-8+,37-28-,40-38+. The topological polar surface area (TPSA) is 24.7 Å². The molecule has 0 amide bonds. The minimum atomic E-state index is 0.577. The van der Waals surface area contributed by atoms with Crippen molar-refractivity contribution in [2.24, 2.45) is 9.98 Å². The SMILES string of the molecule is C=CC(=C\C=C/C)/C(/C=C\C=C\C(=C\C(=N/Cc1ccc(C)cc1)c1ccc(-c2ccccc2)cc1)N=C)=C/C. The van der Waals surface area contributed by atoms with E-state index in [1.807, 2.05) is 68.5 Å². The molecule has 200 valence electrons. The van der Waals surface area contributed by atoms with Gasteiger partial charge in [-0.3, -0.25) is 9.98 Å². The van der Waals surface area contributed by atoms with Gasteiger partial charge in [0.05, 0.1) is 18.0 Å². The van der Waals surface area contributed by atoms with Crippen molar-refractivity contribution in [3.8, 4) is 11.1 Å². The maximum atomic E-state index is 4.98. The molecule has 0 unspecified atom stereocenters. The van der Waals surface area contributed by atoms with Crippen LogP contribution < -0.4 is 0 Å².